The molecular formula is C24H29BN2O5. The number of benzene rings is 2. The topological polar surface area (TPSA) is 82.8 Å². The summed E-state index contributed by atoms with van der Waals surface area (Å²) in [4.78, 5) is 18.3. The first-order valence-corrected chi connectivity index (χ1v) is 11.1. The summed E-state index contributed by atoms with van der Waals surface area (Å²) in [5.74, 6) is 0. The third kappa shape index (κ3) is 3.28. The average Bonchev–Trinajstić information content (AvgIpc) is 2.95. The molecule has 5 rings (SSSR count). The number of aliphatic hydroxyl groups excluding tert-OH is 1. The van der Waals surface area contributed by atoms with Crippen LogP contribution in [0, 0.1) is 6.92 Å². The van der Waals surface area contributed by atoms with Crippen LogP contribution in [-0.4, -0.2) is 52.3 Å². The van der Waals surface area contributed by atoms with E-state index in [9.17, 15) is 9.90 Å². The van der Waals surface area contributed by atoms with Gasteiger partial charge in [0.05, 0.1) is 47.2 Å². The van der Waals surface area contributed by atoms with Gasteiger partial charge in [0.15, 0.2) is 0 Å². The van der Waals surface area contributed by atoms with Crippen molar-refractivity contribution in [3.63, 3.8) is 0 Å². The molecule has 1 N–H and O–H groups in total. The number of aromatic nitrogens is 2. The fourth-order valence-corrected chi connectivity index (χ4v) is 4.60. The molecule has 32 heavy (non-hydrogen) atoms. The minimum absolute atomic E-state index is 0.179. The second-order valence-corrected chi connectivity index (χ2v) is 9.95. The lowest BCUT2D eigenvalue weighted by Crippen LogP contribution is -2.41. The summed E-state index contributed by atoms with van der Waals surface area (Å²) in [6.07, 6.45) is 1.37. The van der Waals surface area contributed by atoms with Crippen LogP contribution in [0.25, 0.3) is 21.7 Å². The molecule has 2 saturated heterocycles. The van der Waals surface area contributed by atoms with Gasteiger partial charge in [-0.3, -0.25) is 9.36 Å². The van der Waals surface area contributed by atoms with Gasteiger partial charge in [0.2, 0.25) is 0 Å². The fourth-order valence-electron chi connectivity index (χ4n) is 4.60. The molecular weight excluding hydrogens is 407 g/mol. The van der Waals surface area contributed by atoms with E-state index in [0.717, 1.165) is 21.8 Å². The lowest BCUT2D eigenvalue weighted by Gasteiger charge is -2.32. The number of aliphatic hydroxyl groups is 1. The van der Waals surface area contributed by atoms with E-state index in [1.807, 2.05) is 52.8 Å². The highest BCUT2D eigenvalue weighted by molar-refractivity contribution is 6.65. The van der Waals surface area contributed by atoms with Gasteiger partial charge in [-0.15, -0.1) is 0 Å². The fraction of sp³-hybridized carbons (Fsp3) is 0.500. The molecule has 3 heterocycles. The summed E-state index contributed by atoms with van der Waals surface area (Å²) < 4.78 is 19.6. The van der Waals surface area contributed by atoms with Gasteiger partial charge in [0.1, 0.15) is 0 Å². The van der Waals surface area contributed by atoms with Gasteiger partial charge in [-0.05, 0) is 58.0 Å². The molecule has 2 atom stereocenters. The Kier molecular flexibility index (Phi) is 4.98. The lowest BCUT2D eigenvalue weighted by molar-refractivity contribution is -0.0395. The van der Waals surface area contributed by atoms with Crippen LogP contribution >= 0.6 is 0 Å². The largest absolute Gasteiger partial charge is 0.495 e. The summed E-state index contributed by atoms with van der Waals surface area (Å²) in [6, 6.07) is 7.61. The van der Waals surface area contributed by atoms with Crippen LogP contribution in [0.2, 0.25) is 0 Å². The molecule has 0 saturated carbocycles. The first kappa shape index (κ1) is 21.6. The Balaban J connectivity index is 1.75. The van der Waals surface area contributed by atoms with Crippen LogP contribution in [0.3, 0.4) is 0 Å². The molecule has 2 fully saturated rings. The molecule has 3 aromatic rings. The van der Waals surface area contributed by atoms with Gasteiger partial charge in [0.25, 0.3) is 5.56 Å². The first-order valence-electron chi connectivity index (χ1n) is 11.1. The van der Waals surface area contributed by atoms with Gasteiger partial charge in [-0.25, -0.2) is 4.98 Å². The van der Waals surface area contributed by atoms with Crippen molar-refractivity contribution in [1.82, 2.24) is 9.55 Å². The predicted octanol–water partition coefficient (Wildman–Crippen LogP) is 2.48. The van der Waals surface area contributed by atoms with E-state index in [2.05, 4.69) is 11.1 Å². The number of aryl methyl sites for hydroxylation is 1. The lowest BCUT2D eigenvalue weighted by atomic mass is 9.75. The third-order valence-corrected chi connectivity index (χ3v) is 7.23. The Hall–Kier alpha value is -2.26. The van der Waals surface area contributed by atoms with Crippen molar-refractivity contribution in [2.75, 3.05) is 13.2 Å². The van der Waals surface area contributed by atoms with Crippen LogP contribution in [0.5, 0.6) is 0 Å². The molecule has 0 amide bonds. The standard InChI is InChI=1S/C24H29BN2O5/c1-14-6-7-15-16(10-14)18(25-31-23(2,3)24(4,5)32-25)11-17-21(15)26-13-27(22(17)29)19-8-9-30-12-20(19)28/h6-7,10-11,13,19-20,28H,8-9,12H2,1-5H3/t19-,20-/m0/s1. The number of rotatable bonds is 2. The Morgan fingerprint density at radius 3 is 2.50 bits per heavy atom. The van der Waals surface area contributed by atoms with E-state index >= 15 is 0 Å². The van der Waals surface area contributed by atoms with E-state index in [1.165, 1.54) is 0 Å². The number of fused-ring (bicyclic) bond motifs is 3. The van der Waals surface area contributed by atoms with Gasteiger partial charge >= 0.3 is 7.12 Å². The smallest absolute Gasteiger partial charge is 0.399 e. The van der Waals surface area contributed by atoms with Crippen molar-refractivity contribution in [3.8, 4) is 0 Å². The van der Waals surface area contributed by atoms with Crippen molar-refractivity contribution in [2.24, 2.45) is 0 Å². The zero-order valence-electron chi connectivity index (χ0n) is 19.2. The number of hydrogen-bond donors (Lipinski definition) is 1. The summed E-state index contributed by atoms with van der Waals surface area (Å²) in [6.45, 7) is 10.8. The van der Waals surface area contributed by atoms with Gasteiger partial charge in [-0.1, -0.05) is 23.8 Å². The Labute approximate surface area is 187 Å². The summed E-state index contributed by atoms with van der Waals surface area (Å²) in [5.41, 5.74) is 1.39. The predicted molar refractivity (Wildman–Crippen MR) is 124 cm³/mol. The Bertz CT molecular complexity index is 1250. The Morgan fingerprint density at radius 1 is 1.09 bits per heavy atom. The van der Waals surface area contributed by atoms with Crippen LogP contribution in [0.15, 0.2) is 35.4 Å². The maximum absolute atomic E-state index is 13.6. The molecule has 2 aliphatic rings. The van der Waals surface area contributed by atoms with E-state index < -0.39 is 24.4 Å². The van der Waals surface area contributed by atoms with Crippen LogP contribution in [0.1, 0.15) is 45.7 Å². The third-order valence-electron chi connectivity index (χ3n) is 7.23. The molecule has 0 bridgehead atoms. The highest BCUT2D eigenvalue weighted by Crippen LogP contribution is 2.37. The maximum atomic E-state index is 13.6. The average molecular weight is 436 g/mol. The van der Waals surface area contributed by atoms with Crippen LogP contribution < -0.4 is 11.0 Å². The van der Waals surface area contributed by atoms with Gasteiger partial charge < -0.3 is 19.2 Å². The first-order chi connectivity index (χ1) is 15.1. The van der Waals surface area contributed by atoms with Crippen LogP contribution in [-0.2, 0) is 14.0 Å². The molecule has 1 aromatic heterocycles. The monoisotopic (exact) mass is 436 g/mol. The molecule has 2 aliphatic heterocycles. The van der Waals surface area contributed by atoms with Crippen molar-refractivity contribution in [3.05, 3.63) is 46.5 Å². The van der Waals surface area contributed by atoms with E-state index in [-0.39, 0.29) is 18.2 Å². The van der Waals surface area contributed by atoms with Crippen molar-refractivity contribution in [1.29, 1.82) is 0 Å². The zero-order chi connectivity index (χ0) is 22.8. The van der Waals surface area contributed by atoms with E-state index in [0.29, 0.717) is 23.9 Å². The molecule has 0 radical (unpaired) electrons. The summed E-state index contributed by atoms with van der Waals surface area (Å²) in [7, 11) is -0.601. The molecule has 2 aromatic carbocycles. The minimum atomic E-state index is -0.744. The quantitative estimate of drug-likeness (QED) is 0.491. The second kappa shape index (κ2) is 7.38. The molecule has 168 valence electrons. The maximum Gasteiger partial charge on any atom is 0.495 e. The van der Waals surface area contributed by atoms with E-state index in [4.69, 9.17) is 14.0 Å². The summed E-state index contributed by atoms with van der Waals surface area (Å²) >= 11 is 0. The molecule has 0 aliphatic carbocycles. The van der Waals surface area contributed by atoms with Gasteiger partial charge in [0, 0.05) is 12.0 Å². The van der Waals surface area contributed by atoms with Crippen molar-refractivity contribution >= 4 is 34.3 Å². The summed E-state index contributed by atoms with van der Waals surface area (Å²) in [5, 5.41) is 12.8. The normalized spacial score (nSPS) is 25.0. The SMILES string of the molecule is Cc1ccc2c(c1)c(B1OC(C)(C)C(C)(C)O1)cc1c(=O)n([C@H]3CCOC[C@@H]3O)cnc12. The van der Waals surface area contributed by atoms with E-state index in [1.54, 1.807) is 10.9 Å². The molecule has 8 heteroatoms. The second-order valence-electron chi connectivity index (χ2n) is 9.95. The Morgan fingerprint density at radius 2 is 1.81 bits per heavy atom. The van der Waals surface area contributed by atoms with Crippen molar-refractivity contribution < 1.29 is 19.2 Å². The molecule has 0 unspecified atom stereocenters. The minimum Gasteiger partial charge on any atom is -0.399 e. The van der Waals surface area contributed by atoms with Gasteiger partial charge in [-0.2, -0.15) is 0 Å². The van der Waals surface area contributed by atoms with Crippen molar-refractivity contribution in [2.45, 2.75) is 64.4 Å². The zero-order valence-corrected chi connectivity index (χ0v) is 19.2. The highest BCUT2D eigenvalue weighted by Gasteiger charge is 2.52. The number of nitrogens with zero attached hydrogens (tertiary/aromatic N) is 2. The number of ether oxygens (including phenoxy) is 1. The highest BCUT2D eigenvalue weighted by atomic mass is 16.7. The molecule has 0 spiro atoms. The number of hydrogen-bond acceptors (Lipinski definition) is 6. The molecule has 7 nitrogen and oxygen atoms in total. The van der Waals surface area contributed by atoms with Crippen LogP contribution in [0.4, 0.5) is 0 Å².